The van der Waals surface area contributed by atoms with Crippen LogP contribution in [-0.2, 0) is 12.8 Å². The van der Waals surface area contributed by atoms with Crippen LogP contribution in [0.15, 0.2) is 24.3 Å². The summed E-state index contributed by atoms with van der Waals surface area (Å²) in [6, 6.07) is 11.3. The number of ether oxygens (including phenoxy) is 4. The summed E-state index contributed by atoms with van der Waals surface area (Å²) in [6.07, 6.45) is 2.30. The van der Waals surface area contributed by atoms with E-state index >= 15 is 0 Å². The van der Waals surface area contributed by atoms with Crippen LogP contribution < -0.4 is 18.9 Å². The Morgan fingerprint density at radius 3 is 1.78 bits per heavy atom. The molecule has 0 fully saturated rings. The highest BCUT2D eigenvalue weighted by molar-refractivity contribution is 5.56. The molecule has 2 aromatic rings. The van der Waals surface area contributed by atoms with Crippen molar-refractivity contribution in [3.8, 4) is 29.1 Å². The highest BCUT2D eigenvalue weighted by atomic mass is 16.7. The summed E-state index contributed by atoms with van der Waals surface area (Å²) in [5.41, 5.74) is 5.20. The van der Waals surface area contributed by atoms with Gasteiger partial charge in [0.05, 0.1) is 6.07 Å². The lowest BCUT2D eigenvalue weighted by Gasteiger charge is -2.47. The van der Waals surface area contributed by atoms with Gasteiger partial charge < -0.3 is 18.9 Å². The SMILES string of the molecule is N#CCCN1C2Cc3cc4c(cc3C1Cc1cc3c(cc12)OCO3)OCO4. The minimum Gasteiger partial charge on any atom is -0.454 e. The number of rotatable bonds is 2. The van der Waals surface area contributed by atoms with Crippen molar-refractivity contribution in [2.45, 2.75) is 31.3 Å². The van der Waals surface area contributed by atoms with Crippen molar-refractivity contribution < 1.29 is 18.9 Å². The number of fused-ring (bicyclic) bond motifs is 8. The van der Waals surface area contributed by atoms with Gasteiger partial charge in [-0.25, -0.2) is 0 Å². The zero-order chi connectivity index (χ0) is 18.0. The maximum atomic E-state index is 9.15. The molecule has 0 N–H and O–H groups in total. The lowest BCUT2D eigenvalue weighted by molar-refractivity contribution is 0.104. The molecule has 0 spiro atoms. The van der Waals surface area contributed by atoms with Crippen LogP contribution in [0.2, 0.25) is 0 Å². The Kier molecular flexibility index (Phi) is 3.12. The second-order valence-electron chi connectivity index (χ2n) is 7.39. The summed E-state index contributed by atoms with van der Waals surface area (Å²) in [6.45, 7) is 1.33. The van der Waals surface area contributed by atoms with Crippen molar-refractivity contribution >= 4 is 0 Å². The predicted octanol–water partition coefficient (Wildman–Crippen LogP) is 3.25. The maximum absolute atomic E-state index is 9.15. The Morgan fingerprint density at radius 1 is 0.815 bits per heavy atom. The molecule has 4 aliphatic rings. The molecule has 4 aliphatic heterocycles. The first-order chi connectivity index (χ1) is 13.3. The summed E-state index contributed by atoms with van der Waals surface area (Å²) >= 11 is 0. The molecule has 0 saturated heterocycles. The Hall–Kier alpha value is -2.91. The van der Waals surface area contributed by atoms with Gasteiger partial charge in [0.15, 0.2) is 23.0 Å². The molecule has 0 aromatic heterocycles. The predicted molar refractivity (Wildman–Crippen MR) is 95.0 cm³/mol. The van der Waals surface area contributed by atoms with E-state index in [0.29, 0.717) is 6.42 Å². The molecule has 2 bridgehead atoms. The molecule has 136 valence electrons. The van der Waals surface area contributed by atoms with Gasteiger partial charge in [-0.2, -0.15) is 5.26 Å². The molecule has 6 heteroatoms. The van der Waals surface area contributed by atoms with E-state index in [4.69, 9.17) is 24.2 Å². The van der Waals surface area contributed by atoms with Crippen molar-refractivity contribution in [3.05, 3.63) is 46.5 Å². The van der Waals surface area contributed by atoms with Crippen LogP contribution >= 0.6 is 0 Å². The molecule has 2 unspecified atom stereocenters. The number of hydrogen-bond donors (Lipinski definition) is 0. The average molecular weight is 362 g/mol. The van der Waals surface area contributed by atoms with Crippen molar-refractivity contribution in [1.29, 1.82) is 5.26 Å². The number of nitriles is 1. The summed E-state index contributed by atoms with van der Waals surface area (Å²) in [4.78, 5) is 2.47. The van der Waals surface area contributed by atoms with Gasteiger partial charge in [-0.1, -0.05) is 0 Å². The molecular formula is C21H18N2O4. The maximum Gasteiger partial charge on any atom is 0.231 e. The van der Waals surface area contributed by atoms with Crippen LogP contribution in [0, 0.1) is 11.3 Å². The molecule has 6 rings (SSSR count). The zero-order valence-corrected chi connectivity index (χ0v) is 14.7. The van der Waals surface area contributed by atoms with E-state index < -0.39 is 0 Å². The Morgan fingerprint density at radius 2 is 1.30 bits per heavy atom. The third-order valence-electron chi connectivity index (χ3n) is 6.10. The molecule has 0 saturated carbocycles. The van der Waals surface area contributed by atoms with Gasteiger partial charge in [0.2, 0.25) is 13.6 Å². The Balaban J connectivity index is 1.49. The number of hydrogen-bond acceptors (Lipinski definition) is 6. The van der Waals surface area contributed by atoms with Crippen LogP contribution in [0.25, 0.3) is 0 Å². The van der Waals surface area contributed by atoms with E-state index in [-0.39, 0.29) is 25.7 Å². The Labute approximate surface area is 156 Å². The summed E-state index contributed by atoms with van der Waals surface area (Å²) < 4.78 is 22.4. The Bertz CT molecular complexity index is 925. The van der Waals surface area contributed by atoms with Crippen molar-refractivity contribution in [2.24, 2.45) is 0 Å². The fourth-order valence-corrected chi connectivity index (χ4v) is 4.91. The van der Waals surface area contributed by atoms with Crippen LogP contribution in [0.3, 0.4) is 0 Å². The highest BCUT2D eigenvalue weighted by Crippen LogP contribution is 2.52. The van der Waals surface area contributed by atoms with Crippen molar-refractivity contribution in [1.82, 2.24) is 4.90 Å². The van der Waals surface area contributed by atoms with Gasteiger partial charge in [0.1, 0.15) is 0 Å². The molecule has 2 atom stereocenters. The molecule has 0 radical (unpaired) electrons. The van der Waals surface area contributed by atoms with E-state index in [1.165, 1.54) is 22.3 Å². The quantitative estimate of drug-likeness (QED) is 0.817. The van der Waals surface area contributed by atoms with E-state index in [1.807, 2.05) is 0 Å². The van der Waals surface area contributed by atoms with E-state index in [2.05, 4.69) is 35.2 Å². The zero-order valence-electron chi connectivity index (χ0n) is 14.7. The second-order valence-corrected chi connectivity index (χ2v) is 7.39. The normalized spacial score (nSPS) is 23.5. The summed E-state index contributed by atoms with van der Waals surface area (Å²) in [5.74, 6) is 3.32. The van der Waals surface area contributed by atoms with Gasteiger partial charge in [-0.15, -0.1) is 0 Å². The van der Waals surface area contributed by atoms with Gasteiger partial charge >= 0.3 is 0 Å². The third kappa shape index (κ3) is 2.15. The average Bonchev–Trinajstić information content (AvgIpc) is 3.32. The van der Waals surface area contributed by atoms with E-state index in [0.717, 1.165) is 42.4 Å². The van der Waals surface area contributed by atoms with Gasteiger partial charge in [-0.3, -0.25) is 4.90 Å². The highest BCUT2D eigenvalue weighted by Gasteiger charge is 2.41. The van der Waals surface area contributed by atoms with Gasteiger partial charge in [0.25, 0.3) is 0 Å². The molecule has 2 aromatic carbocycles. The minimum absolute atomic E-state index is 0.231. The molecule has 0 aliphatic carbocycles. The fourth-order valence-electron chi connectivity index (χ4n) is 4.91. The minimum atomic E-state index is 0.231. The molecule has 0 amide bonds. The third-order valence-corrected chi connectivity index (χ3v) is 6.10. The molecular weight excluding hydrogens is 344 g/mol. The van der Waals surface area contributed by atoms with Crippen molar-refractivity contribution in [3.63, 3.8) is 0 Å². The first kappa shape index (κ1) is 15.2. The summed E-state index contributed by atoms with van der Waals surface area (Å²) in [7, 11) is 0. The van der Waals surface area contributed by atoms with Crippen LogP contribution in [0.5, 0.6) is 23.0 Å². The molecule has 4 heterocycles. The first-order valence-corrected chi connectivity index (χ1v) is 9.29. The number of nitrogens with zero attached hydrogens (tertiary/aromatic N) is 2. The van der Waals surface area contributed by atoms with Crippen molar-refractivity contribution in [2.75, 3.05) is 20.1 Å². The summed E-state index contributed by atoms with van der Waals surface area (Å²) in [5, 5.41) is 9.15. The first-order valence-electron chi connectivity index (χ1n) is 9.29. The topological polar surface area (TPSA) is 64.0 Å². The standard InChI is InChI=1S/C21H18N2O4/c22-2-1-3-23-16-4-12-6-18-20(26-10-24-18)8-14(12)17(23)5-13-7-19-21(9-15(13)16)27-11-25-19/h6-9,16-17H,1,3-5,10-11H2. The monoisotopic (exact) mass is 362 g/mol. The largest absolute Gasteiger partial charge is 0.454 e. The van der Waals surface area contributed by atoms with Crippen LogP contribution in [0.1, 0.15) is 40.8 Å². The van der Waals surface area contributed by atoms with E-state index in [1.54, 1.807) is 0 Å². The van der Waals surface area contributed by atoms with Crippen LogP contribution in [0.4, 0.5) is 0 Å². The van der Waals surface area contributed by atoms with Gasteiger partial charge in [0, 0.05) is 25.0 Å². The molecule has 6 nitrogen and oxygen atoms in total. The smallest absolute Gasteiger partial charge is 0.231 e. The second kappa shape index (κ2) is 5.54. The number of benzene rings is 2. The molecule has 27 heavy (non-hydrogen) atoms. The van der Waals surface area contributed by atoms with E-state index in [9.17, 15) is 0 Å². The lowest BCUT2D eigenvalue weighted by atomic mass is 9.76. The fraction of sp³-hybridized carbons (Fsp3) is 0.381. The van der Waals surface area contributed by atoms with Crippen LogP contribution in [-0.4, -0.2) is 25.0 Å². The lowest BCUT2D eigenvalue weighted by Crippen LogP contribution is -2.43. The van der Waals surface area contributed by atoms with Gasteiger partial charge in [-0.05, 0) is 59.4 Å².